The van der Waals surface area contributed by atoms with Crippen LogP contribution >= 0.6 is 0 Å². The van der Waals surface area contributed by atoms with E-state index in [0.29, 0.717) is 25.9 Å². The van der Waals surface area contributed by atoms with Crippen LogP contribution in [0.3, 0.4) is 0 Å². The van der Waals surface area contributed by atoms with Gasteiger partial charge in [-0.25, -0.2) is 4.79 Å². The van der Waals surface area contributed by atoms with Gasteiger partial charge in [0.15, 0.2) is 11.5 Å². The van der Waals surface area contributed by atoms with E-state index in [0.717, 1.165) is 23.5 Å². The number of ether oxygens (including phenoxy) is 3. The molecule has 0 aromatic heterocycles. The Morgan fingerprint density at radius 3 is 2.81 bits per heavy atom. The summed E-state index contributed by atoms with van der Waals surface area (Å²) in [4.78, 5) is 26.3. The van der Waals surface area contributed by atoms with Gasteiger partial charge in [0.25, 0.3) is 0 Å². The fourth-order valence-electron chi connectivity index (χ4n) is 3.12. The van der Waals surface area contributed by atoms with E-state index in [4.69, 9.17) is 14.2 Å². The standard InChI is InChI=1S/C19H26N2O5/c1-19(2,3)26-18(23)21-10-4-5-14(21)17(22)20-9-8-13-6-7-15-16(11-13)25-12-24-15/h6-7,11,14H,4-5,8-10,12H2,1-3H3,(H,20,22). The maximum atomic E-state index is 12.5. The van der Waals surface area contributed by atoms with E-state index >= 15 is 0 Å². The van der Waals surface area contributed by atoms with Gasteiger partial charge in [-0.1, -0.05) is 6.07 Å². The average molecular weight is 362 g/mol. The zero-order valence-electron chi connectivity index (χ0n) is 15.5. The van der Waals surface area contributed by atoms with Gasteiger partial charge in [0, 0.05) is 13.1 Å². The molecular weight excluding hydrogens is 336 g/mol. The molecule has 2 heterocycles. The van der Waals surface area contributed by atoms with Crippen molar-refractivity contribution in [3.05, 3.63) is 23.8 Å². The Bertz CT molecular complexity index is 683. The highest BCUT2D eigenvalue weighted by atomic mass is 16.7. The van der Waals surface area contributed by atoms with E-state index in [9.17, 15) is 9.59 Å². The second-order valence-corrected chi connectivity index (χ2v) is 7.56. The first kappa shape index (κ1) is 18.4. The van der Waals surface area contributed by atoms with Crippen LogP contribution < -0.4 is 14.8 Å². The minimum Gasteiger partial charge on any atom is -0.454 e. The van der Waals surface area contributed by atoms with Crippen molar-refractivity contribution in [2.24, 2.45) is 0 Å². The largest absolute Gasteiger partial charge is 0.454 e. The van der Waals surface area contributed by atoms with E-state index in [1.54, 1.807) is 0 Å². The number of likely N-dealkylation sites (tertiary alicyclic amines) is 1. The Morgan fingerprint density at radius 2 is 2.04 bits per heavy atom. The van der Waals surface area contributed by atoms with Crippen LogP contribution in [0.2, 0.25) is 0 Å². The molecule has 142 valence electrons. The van der Waals surface area contributed by atoms with Crippen LogP contribution in [0.15, 0.2) is 18.2 Å². The van der Waals surface area contributed by atoms with Crippen LogP contribution in [0.4, 0.5) is 4.79 Å². The SMILES string of the molecule is CC(C)(C)OC(=O)N1CCCC1C(=O)NCCc1ccc2c(c1)OCO2. The molecule has 7 nitrogen and oxygen atoms in total. The fourth-order valence-corrected chi connectivity index (χ4v) is 3.12. The molecule has 2 aliphatic rings. The Morgan fingerprint density at radius 1 is 1.27 bits per heavy atom. The first-order valence-corrected chi connectivity index (χ1v) is 8.99. The number of benzene rings is 1. The van der Waals surface area contributed by atoms with Gasteiger partial charge in [-0.2, -0.15) is 0 Å². The minimum absolute atomic E-state index is 0.130. The smallest absolute Gasteiger partial charge is 0.410 e. The molecule has 1 unspecified atom stereocenters. The van der Waals surface area contributed by atoms with Crippen LogP contribution in [0, 0.1) is 0 Å². The lowest BCUT2D eigenvalue weighted by Crippen LogP contribution is -2.47. The van der Waals surface area contributed by atoms with Crippen molar-refractivity contribution in [3.8, 4) is 11.5 Å². The van der Waals surface area contributed by atoms with Crippen molar-refractivity contribution in [2.45, 2.75) is 51.7 Å². The molecule has 0 radical (unpaired) electrons. The van der Waals surface area contributed by atoms with Crippen molar-refractivity contribution >= 4 is 12.0 Å². The van der Waals surface area contributed by atoms with Crippen molar-refractivity contribution in [1.29, 1.82) is 0 Å². The summed E-state index contributed by atoms with van der Waals surface area (Å²) in [5, 5.41) is 2.93. The molecule has 1 N–H and O–H groups in total. The number of carbonyl (C=O) groups is 2. The number of nitrogens with zero attached hydrogens (tertiary/aromatic N) is 1. The molecule has 1 fully saturated rings. The lowest BCUT2D eigenvalue weighted by atomic mass is 10.1. The maximum Gasteiger partial charge on any atom is 0.410 e. The summed E-state index contributed by atoms with van der Waals surface area (Å²) in [6.45, 7) is 6.76. The topological polar surface area (TPSA) is 77.1 Å². The summed E-state index contributed by atoms with van der Waals surface area (Å²) in [6, 6.07) is 5.31. The fraction of sp³-hybridized carbons (Fsp3) is 0.579. The third-order valence-electron chi connectivity index (χ3n) is 4.33. The normalized spacial score (nSPS) is 18.7. The molecule has 1 atom stereocenters. The second kappa shape index (κ2) is 7.43. The molecule has 1 aromatic carbocycles. The lowest BCUT2D eigenvalue weighted by Gasteiger charge is -2.28. The van der Waals surface area contributed by atoms with Crippen LogP contribution in [0.1, 0.15) is 39.2 Å². The Hall–Kier alpha value is -2.44. The summed E-state index contributed by atoms with van der Waals surface area (Å²) < 4.78 is 16.1. The van der Waals surface area contributed by atoms with E-state index in [1.165, 1.54) is 4.90 Å². The molecule has 3 rings (SSSR count). The minimum atomic E-state index is -0.569. The molecule has 26 heavy (non-hydrogen) atoms. The highest BCUT2D eigenvalue weighted by Gasteiger charge is 2.36. The van der Waals surface area contributed by atoms with Crippen LogP contribution in [-0.4, -0.2) is 48.4 Å². The lowest BCUT2D eigenvalue weighted by molar-refractivity contribution is -0.125. The number of nitrogens with one attached hydrogen (secondary N) is 1. The van der Waals surface area contributed by atoms with Crippen LogP contribution in [0.5, 0.6) is 11.5 Å². The molecule has 0 aliphatic carbocycles. The summed E-state index contributed by atoms with van der Waals surface area (Å²) >= 11 is 0. The summed E-state index contributed by atoms with van der Waals surface area (Å²) in [7, 11) is 0. The highest BCUT2D eigenvalue weighted by molar-refractivity contribution is 5.86. The quantitative estimate of drug-likeness (QED) is 0.890. The maximum absolute atomic E-state index is 12.5. The van der Waals surface area contributed by atoms with Crippen LogP contribution in [-0.2, 0) is 16.0 Å². The number of fused-ring (bicyclic) bond motifs is 1. The van der Waals surface area contributed by atoms with Gasteiger partial charge in [0.05, 0.1) is 0 Å². The average Bonchev–Trinajstić information content (AvgIpc) is 3.22. The van der Waals surface area contributed by atoms with Gasteiger partial charge in [-0.05, 0) is 57.7 Å². The summed E-state index contributed by atoms with van der Waals surface area (Å²) in [5.74, 6) is 1.35. The number of hydrogen-bond donors (Lipinski definition) is 1. The van der Waals surface area contributed by atoms with E-state index < -0.39 is 17.7 Å². The van der Waals surface area contributed by atoms with Crippen LogP contribution in [0.25, 0.3) is 0 Å². The zero-order valence-corrected chi connectivity index (χ0v) is 15.5. The summed E-state index contributed by atoms with van der Waals surface area (Å²) in [5.41, 5.74) is 0.491. The predicted molar refractivity (Wildman–Crippen MR) is 95.2 cm³/mol. The zero-order chi connectivity index (χ0) is 18.7. The first-order chi connectivity index (χ1) is 12.3. The van der Waals surface area contributed by atoms with Crippen molar-refractivity contribution in [1.82, 2.24) is 10.2 Å². The van der Waals surface area contributed by atoms with Gasteiger partial charge in [0.1, 0.15) is 11.6 Å². The molecule has 2 aliphatic heterocycles. The monoisotopic (exact) mass is 362 g/mol. The molecule has 0 bridgehead atoms. The third-order valence-corrected chi connectivity index (χ3v) is 4.33. The van der Waals surface area contributed by atoms with E-state index in [-0.39, 0.29) is 12.7 Å². The molecule has 0 spiro atoms. The summed E-state index contributed by atoms with van der Waals surface area (Å²) in [6.07, 6.45) is 1.72. The van der Waals surface area contributed by atoms with Gasteiger partial charge < -0.3 is 19.5 Å². The number of carbonyl (C=O) groups excluding carboxylic acids is 2. The molecule has 2 amide bonds. The van der Waals surface area contributed by atoms with Crippen molar-refractivity contribution in [2.75, 3.05) is 19.9 Å². The van der Waals surface area contributed by atoms with Crippen molar-refractivity contribution in [3.63, 3.8) is 0 Å². The first-order valence-electron chi connectivity index (χ1n) is 8.99. The number of hydrogen-bond acceptors (Lipinski definition) is 5. The Balaban J connectivity index is 1.50. The number of amides is 2. The van der Waals surface area contributed by atoms with E-state index in [2.05, 4.69) is 5.32 Å². The van der Waals surface area contributed by atoms with Gasteiger partial charge in [-0.15, -0.1) is 0 Å². The molecule has 1 aromatic rings. The third kappa shape index (κ3) is 4.39. The van der Waals surface area contributed by atoms with E-state index in [1.807, 2.05) is 39.0 Å². The predicted octanol–water partition coefficient (Wildman–Crippen LogP) is 2.47. The van der Waals surface area contributed by atoms with Gasteiger partial charge in [-0.3, -0.25) is 9.69 Å². The highest BCUT2D eigenvalue weighted by Crippen LogP contribution is 2.32. The van der Waals surface area contributed by atoms with Gasteiger partial charge >= 0.3 is 6.09 Å². The Kier molecular flexibility index (Phi) is 5.25. The van der Waals surface area contributed by atoms with Crippen molar-refractivity contribution < 1.29 is 23.8 Å². The Labute approximate surface area is 153 Å². The number of rotatable bonds is 4. The second-order valence-electron chi connectivity index (χ2n) is 7.56. The van der Waals surface area contributed by atoms with Gasteiger partial charge in [0.2, 0.25) is 12.7 Å². The molecule has 7 heteroatoms. The molecule has 0 saturated carbocycles. The molecule has 1 saturated heterocycles. The molecular formula is C19H26N2O5.